The number of halogens is 1. The second-order valence-corrected chi connectivity index (χ2v) is 6.58. The van der Waals surface area contributed by atoms with E-state index in [1.54, 1.807) is 12.1 Å². The standard InChI is InChI=1S/C17H17BrO2/c18-15-5-4-14-11-17(20,7-6-13(14)9-15)10-12-2-1-3-16(19)8-12/h1-5,8-9,19-20H,6-7,10-11H2. The maximum atomic E-state index is 10.8. The molecule has 2 aromatic rings. The molecule has 0 bridgehead atoms. The van der Waals surface area contributed by atoms with Crippen molar-refractivity contribution in [2.75, 3.05) is 0 Å². The lowest BCUT2D eigenvalue weighted by atomic mass is 9.77. The minimum atomic E-state index is -0.714. The van der Waals surface area contributed by atoms with Gasteiger partial charge in [-0.15, -0.1) is 0 Å². The lowest BCUT2D eigenvalue weighted by molar-refractivity contribution is 0.0267. The number of aryl methyl sites for hydroxylation is 1. The average molecular weight is 333 g/mol. The van der Waals surface area contributed by atoms with Crippen LogP contribution in [0.2, 0.25) is 0 Å². The van der Waals surface area contributed by atoms with Gasteiger partial charge in [-0.1, -0.05) is 34.1 Å². The molecule has 0 fully saturated rings. The fraction of sp³-hybridized carbons (Fsp3) is 0.294. The molecule has 0 amide bonds. The van der Waals surface area contributed by atoms with Gasteiger partial charge in [-0.2, -0.15) is 0 Å². The summed E-state index contributed by atoms with van der Waals surface area (Å²) in [5.74, 6) is 0.256. The number of aromatic hydroxyl groups is 1. The third-order valence-corrected chi connectivity index (χ3v) is 4.48. The van der Waals surface area contributed by atoms with Crippen LogP contribution in [0, 0.1) is 0 Å². The van der Waals surface area contributed by atoms with E-state index in [1.165, 1.54) is 11.1 Å². The second-order valence-electron chi connectivity index (χ2n) is 5.66. The minimum Gasteiger partial charge on any atom is -0.508 e. The SMILES string of the molecule is Oc1cccc(CC2(O)CCc3cc(Br)ccc3C2)c1. The first-order valence-electron chi connectivity index (χ1n) is 6.82. The van der Waals surface area contributed by atoms with E-state index in [9.17, 15) is 10.2 Å². The van der Waals surface area contributed by atoms with Crippen molar-refractivity contribution in [2.24, 2.45) is 0 Å². The molecule has 1 unspecified atom stereocenters. The van der Waals surface area contributed by atoms with Crippen LogP contribution in [0.5, 0.6) is 5.75 Å². The molecular formula is C17H17BrO2. The maximum absolute atomic E-state index is 10.8. The van der Waals surface area contributed by atoms with Crippen molar-refractivity contribution >= 4 is 15.9 Å². The number of fused-ring (bicyclic) bond motifs is 1. The molecule has 0 aromatic heterocycles. The van der Waals surface area contributed by atoms with Gasteiger partial charge in [0.2, 0.25) is 0 Å². The van der Waals surface area contributed by atoms with Crippen molar-refractivity contribution in [3.8, 4) is 5.75 Å². The largest absolute Gasteiger partial charge is 0.508 e. The summed E-state index contributed by atoms with van der Waals surface area (Å²) in [4.78, 5) is 0. The van der Waals surface area contributed by atoms with Crippen molar-refractivity contribution in [3.05, 3.63) is 63.6 Å². The summed E-state index contributed by atoms with van der Waals surface area (Å²) < 4.78 is 1.09. The summed E-state index contributed by atoms with van der Waals surface area (Å²) in [6.45, 7) is 0. The van der Waals surface area contributed by atoms with Crippen LogP contribution in [-0.2, 0) is 19.3 Å². The Bertz CT molecular complexity index is 639. The van der Waals surface area contributed by atoms with Crippen LogP contribution in [0.25, 0.3) is 0 Å². The number of aliphatic hydroxyl groups is 1. The molecule has 1 aliphatic carbocycles. The van der Waals surface area contributed by atoms with E-state index in [1.807, 2.05) is 18.2 Å². The van der Waals surface area contributed by atoms with Crippen LogP contribution in [-0.4, -0.2) is 15.8 Å². The van der Waals surface area contributed by atoms with E-state index in [-0.39, 0.29) is 5.75 Å². The van der Waals surface area contributed by atoms with Gasteiger partial charge in [-0.3, -0.25) is 0 Å². The molecule has 0 saturated heterocycles. The fourth-order valence-corrected chi connectivity index (χ4v) is 3.42. The highest BCUT2D eigenvalue weighted by Gasteiger charge is 2.32. The van der Waals surface area contributed by atoms with E-state index in [2.05, 4.69) is 28.1 Å². The Labute approximate surface area is 127 Å². The fourth-order valence-electron chi connectivity index (χ4n) is 3.01. The van der Waals surface area contributed by atoms with E-state index in [4.69, 9.17) is 0 Å². The molecule has 2 aromatic carbocycles. The topological polar surface area (TPSA) is 40.5 Å². The Morgan fingerprint density at radius 1 is 1.10 bits per heavy atom. The first-order chi connectivity index (χ1) is 9.54. The Kier molecular flexibility index (Phi) is 3.57. The molecular weight excluding hydrogens is 316 g/mol. The Morgan fingerprint density at radius 3 is 2.75 bits per heavy atom. The van der Waals surface area contributed by atoms with Gasteiger partial charge in [-0.25, -0.2) is 0 Å². The van der Waals surface area contributed by atoms with Crippen LogP contribution < -0.4 is 0 Å². The first-order valence-corrected chi connectivity index (χ1v) is 7.61. The number of phenols is 1. The van der Waals surface area contributed by atoms with Crippen LogP contribution in [0.3, 0.4) is 0 Å². The number of rotatable bonds is 2. The lowest BCUT2D eigenvalue weighted by Crippen LogP contribution is -2.38. The minimum absolute atomic E-state index is 0.256. The summed E-state index contributed by atoms with van der Waals surface area (Å²) in [6, 6.07) is 13.4. The zero-order valence-corrected chi connectivity index (χ0v) is 12.7. The molecule has 104 valence electrons. The zero-order chi connectivity index (χ0) is 14.2. The lowest BCUT2D eigenvalue weighted by Gasteiger charge is -2.34. The molecule has 2 N–H and O–H groups in total. The van der Waals surface area contributed by atoms with Crippen molar-refractivity contribution in [1.82, 2.24) is 0 Å². The second kappa shape index (κ2) is 5.23. The summed E-state index contributed by atoms with van der Waals surface area (Å²) in [5, 5.41) is 20.4. The molecule has 0 aliphatic heterocycles. The Morgan fingerprint density at radius 2 is 1.95 bits per heavy atom. The molecule has 2 nitrogen and oxygen atoms in total. The molecule has 0 spiro atoms. The number of hydrogen-bond acceptors (Lipinski definition) is 2. The Balaban J connectivity index is 1.82. The molecule has 0 radical (unpaired) electrons. The van der Waals surface area contributed by atoms with Crippen molar-refractivity contribution in [1.29, 1.82) is 0 Å². The molecule has 0 heterocycles. The predicted octanol–water partition coefficient (Wildman–Crippen LogP) is 3.62. The summed E-state index contributed by atoms with van der Waals surface area (Å²) in [5.41, 5.74) is 2.81. The number of phenolic OH excluding ortho intramolecular Hbond substituents is 1. The molecule has 20 heavy (non-hydrogen) atoms. The van der Waals surface area contributed by atoms with Gasteiger partial charge in [0.25, 0.3) is 0 Å². The van der Waals surface area contributed by atoms with Gasteiger partial charge in [0.05, 0.1) is 5.60 Å². The highest BCUT2D eigenvalue weighted by Crippen LogP contribution is 2.33. The number of benzene rings is 2. The molecule has 3 rings (SSSR count). The summed E-state index contributed by atoms with van der Waals surface area (Å²) in [7, 11) is 0. The van der Waals surface area contributed by atoms with E-state index in [0.717, 1.165) is 22.9 Å². The Hall–Kier alpha value is -1.32. The van der Waals surface area contributed by atoms with E-state index >= 15 is 0 Å². The van der Waals surface area contributed by atoms with Gasteiger partial charge < -0.3 is 10.2 Å². The molecule has 3 heteroatoms. The quantitative estimate of drug-likeness (QED) is 0.881. The van der Waals surface area contributed by atoms with Gasteiger partial charge in [0.15, 0.2) is 0 Å². The van der Waals surface area contributed by atoms with Crippen molar-refractivity contribution in [2.45, 2.75) is 31.3 Å². The summed E-state index contributed by atoms with van der Waals surface area (Å²) >= 11 is 3.49. The van der Waals surface area contributed by atoms with Crippen LogP contribution in [0.1, 0.15) is 23.1 Å². The van der Waals surface area contributed by atoms with Gasteiger partial charge >= 0.3 is 0 Å². The monoisotopic (exact) mass is 332 g/mol. The average Bonchev–Trinajstić information content (AvgIpc) is 2.39. The van der Waals surface area contributed by atoms with Gasteiger partial charge in [-0.05, 0) is 53.8 Å². The first kappa shape index (κ1) is 13.7. The van der Waals surface area contributed by atoms with Crippen molar-refractivity contribution in [3.63, 3.8) is 0 Å². The van der Waals surface area contributed by atoms with Crippen LogP contribution >= 0.6 is 15.9 Å². The van der Waals surface area contributed by atoms with Crippen LogP contribution in [0.15, 0.2) is 46.9 Å². The van der Waals surface area contributed by atoms with Gasteiger partial charge in [0.1, 0.15) is 5.75 Å². The van der Waals surface area contributed by atoms with E-state index < -0.39 is 5.60 Å². The predicted molar refractivity (Wildman–Crippen MR) is 82.9 cm³/mol. The normalized spacial score (nSPS) is 21.5. The summed E-state index contributed by atoms with van der Waals surface area (Å²) in [6.07, 6.45) is 2.90. The highest BCUT2D eigenvalue weighted by atomic mass is 79.9. The maximum Gasteiger partial charge on any atom is 0.115 e. The zero-order valence-electron chi connectivity index (χ0n) is 11.1. The van der Waals surface area contributed by atoms with Crippen molar-refractivity contribution < 1.29 is 10.2 Å². The molecule has 1 atom stereocenters. The smallest absolute Gasteiger partial charge is 0.115 e. The number of hydrogen-bond donors (Lipinski definition) is 2. The van der Waals surface area contributed by atoms with E-state index in [0.29, 0.717) is 12.8 Å². The molecule has 0 saturated carbocycles. The molecule has 1 aliphatic rings. The van der Waals surface area contributed by atoms with Gasteiger partial charge in [0, 0.05) is 17.3 Å². The highest BCUT2D eigenvalue weighted by molar-refractivity contribution is 9.10. The van der Waals surface area contributed by atoms with Crippen LogP contribution in [0.4, 0.5) is 0 Å². The third kappa shape index (κ3) is 2.89. The third-order valence-electron chi connectivity index (χ3n) is 3.99.